The number of sulfone groups is 1. The number of hydrogen-bond donors (Lipinski definition) is 1. The lowest BCUT2D eigenvalue weighted by atomic mass is 9.97. The Morgan fingerprint density at radius 3 is 2.20 bits per heavy atom. The minimum Gasteiger partial charge on any atom is -0.337 e. The third-order valence-corrected chi connectivity index (χ3v) is 6.33. The van der Waals surface area contributed by atoms with E-state index in [1.807, 2.05) is 18.7 Å². The molecule has 0 bridgehead atoms. The van der Waals surface area contributed by atoms with Gasteiger partial charge >= 0.3 is 0 Å². The van der Waals surface area contributed by atoms with Crippen molar-refractivity contribution in [3.05, 3.63) is 24.3 Å². The molecule has 0 spiro atoms. The monoisotopic (exact) mass is 366 g/mol. The zero-order valence-electron chi connectivity index (χ0n) is 15.0. The quantitative estimate of drug-likeness (QED) is 0.868. The predicted octanol–water partition coefficient (Wildman–Crippen LogP) is 2.60. The van der Waals surface area contributed by atoms with Crippen LogP contribution < -0.4 is 5.32 Å². The van der Waals surface area contributed by atoms with Crippen molar-refractivity contribution in [2.24, 2.45) is 0 Å². The number of rotatable bonds is 5. The van der Waals surface area contributed by atoms with Crippen molar-refractivity contribution >= 4 is 27.3 Å². The summed E-state index contributed by atoms with van der Waals surface area (Å²) >= 11 is 0. The number of carbonyl (C=O) groups is 2. The van der Waals surface area contributed by atoms with Crippen LogP contribution in [0.25, 0.3) is 0 Å². The number of nitrogens with zero attached hydrogens (tertiary/aromatic N) is 1. The number of carbonyl (C=O) groups excluding carboxylic acids is 2. The van der Waals surface area contributed by atoms with Gasteiger partial charge < -0.3 is 10.2 Å². The molecule has 1 aromatic rings. The summed E-state index contributed by atoms with van der Waals surface area (Å²) in [5.41, 5.74) is 0.540. The maximum Gasteiger partial charge on any atom is 0.224 e. The molecule has 2 atom stereocenters. The summed E-state index contributed by atoms with van der Waals surface area (Å²) in [5, 5.41) is 2.59. The molecule has 1 fully saturated rings. The molecule has 2 rings (SSSR count). The van der Waals surface area contributed by atoms with Gasteiger partial charge in [-0.2, -0.15) is 0 Å². The van der Waals surface area contributed by atoms with E-state index in [4.69, 9.17) is 0 Å². The lowest BCUT2D eigenvalue weighted by Gasteiger charge is -2.39. The fourth-order valence-corrected chi connectivity index (χ4v) is 4.56. The van der Waals surface area contributed by atoms with Crippen molar-refractivity contribution in [2.75, 3.05) is 11.1 Å². The highest BCUT2D eigenvalue weighted by Gasteiger charge is 2.29. The van der Waals surface area contributed by atoms with E-state index in [0.717, 1.165) is 19.3 Å². The van der Waals surface area contributed by atoms with Crippen LogP contribution in [-0.4, -0.2) is 43.0 Å². The van der Waals surface area contributed by atoms with E-state index < -0.39 is 9.84 Å². The number of nitrogens with one attached hydrogen (secondary N) is 1. The molecular formula is C18H26N2O4S. The number of hydrogen-bond acceptors (Lipinski definition) is 4. The number of anilines is 1. The van der Waals surface area contributed by atoms with Gasteiger partial charge in [0.15, 0.2) is 9.84 Å². The molecule has 6 nitrogen and oxygen atoms in total. The Morgan fingerprint density at radius 2 is 1.68 bits per heavy atom. The first-order valence-corrected chi connectivity index (χ1v) is 10.3. The van der Waals surface area contributed by atoms with Gasteiger partial charge in [-0.05, 0) is 57.4 Å². The first-order chi connectivity index (χ1) is 11.7. The van der Waals surface area contributed by atoms with Crippen molar-refractivity contribution in [1.82, 2.24) is 4.90 Å². The molecule has 0 radical (unpaired) electrons. The van der Waals surface area contributed by atoms with E-state index in [1.54, 1.807) is 12.1 Å². The standard InChI is InChI=1S/C18H26N2O4S/c1-13-5-4-6-14(2)20(13)18(22)11-12-25(23,24)17-9-7-16(8-10-17)19-15(3)21/h7-10,13-14H,4-6,11-12H2,1-3H3,(H,19,21). The molecule has 25 heavy (non-hydrogen) atoms. The van der Waals surface area contributed by atoms with Crippen LogP contribution in [0.1, 0.15) is 46.5 Å². The first-order valence-electron chi connectivity index (χ1n) is 8.62. The summed E-state index contributed by atoms with van der Waals surface area (Å²) in [5.74, 6) is -0.523. The molecule has 2 amide bonds. The van der Waals surface area contributed by atoms with Crippen LogP contribution in [0.2, 0.25) is 0 Å². The number of likely N-dealkylation sites (tertiary alicyclic amines) is 1. The topological polar surface area (TPSA) is 83.5 Å². The Kier molecular flexibility index (Phi) is 6.21. The highest BCUT2D eigenvalue weighted by atomic mass is 32.2. The van der Waals surface area contributed by atoms with Crippen LogP contribution in [-0.2, 0) is 19.4 Å². The van der Waals surface area contributed by atoms with E-state index >= 15 is 0 Å². The van der Waals surface area contributed by atoms with Crippen molar-refractivity contribution in [1.29, 1.82) is 0 Å². The molecule has 0 saturated carbocycles. The van der Waals surface area contributed by atoms with Gasteiger partial charge in [0.2, 0.25) is 11.8 Å². The molecule has 1 heterocycles. The lowest BCUT2D eigenvalue weighted by molar-refractivity contribution is -0.136. The lowest BCUT2D eigenvalue weighted by Crippen LogP contribution is -2.47. The number of piperidine rings is 1. The van der Waals surface area contributed by atoms with Gasteiger partial charge in [-0.3, -0.25) is 9.59 Å². The number of amides is 2. The van der Waals surface area contributed by atoms with Crippen LogP contribution >= 0.6 is 0 Å². The average Bonchev–Trinajstić information content (AvgIpc) is 2.53. The molecule has 1 N–H and O–H groups in total. The second-order valence-corrected chi connectivity index (χ2v) is 8.81. The number of benzene rings is 1. The van der Waals surface area contributed by atoms with E-state index in [-0.39, 0.29) is 41.0 Å². The predicted molar refractivity (Wildman–Crippen MR) is 97.0 cm³/mol. The normalized spacial score (nSPS) is 21.0. The minimum atomic E-state index is -3.53. The smallest absolute Gasteiger partial charge is 0.224 e. The second-order valence-electron chi connectivity index (χ2n) is 6.70. The Hall–Kier alpha value is -1.89. The summed E-state index contributed by atoms with van der Waals surface area (Å²) in [6, 6.07) is 6.33. The Labute approximate surface area is 149 Å². The highest BCUT2D eigenvalue weighted by molar-refractivity contribution is 7.91. The first kappa shape index (κ1) is 19.4. The molecule has 2 unspecified atom stereocenters. The molecule has 1 aromatic carbocycles. The van der Waals surface area contributed by atoms with Gasteiger partial charge in [-0.1, -0.05) is 0 Å². The SMILES string of the molecule is CC(=O)Nc1ccc(S(=O)(=O)CCC(=O)N2C(C)CCCC2C)cc1. The van der Waals surface area contributed by atoms with Crippen molar-refractivity contribution in [3.8, 4) is 0 Å². The summed E-state index contributed by atoms with van der Waals surface area (Å²) in [4.78, 5) is 25.5. The minimum absolute atomic E-state index is 0.00946. The molecule has 138 valence electrons. The summed E-state index contributed by atoms with van der Waals surface area (Å²) in [7, 11) is -3.53. The molecule has 1 saturated heterocycles. The summed E-state index contributed by atoms with van der Waals surface area (Å²) < 4.78 is 24.9. The molecule has 0 aliphatic carbocycles. The van der Waals surface area contributed by atoms with Gasteiger partial charge in [0.1, 0.15) is 0 Å². The molecule has 7 heteroatoms. The molecular weight excluding hydrogens is 340 g/mol. The molecule has 1 aliphatic heterocycles. The maximum atomic E-state index is 12.5. The summed E-state index contributed by atoms with van der Waals surface area (Å²) in [6.07, 6.45) is 3.02. The van der Waals surface area contributed by atoms with Gasteiger partial charge in [0.05, 0.1) is 10.6 Å². The largest absolute Gasteiger partial charge is 0.337 e. The van der Waals surface area contributed by atoms with Crippen LogP contribution in [0.5, 0.6) is 0 Å². The van der Waals surface area contributed by atoms with E-state index in [2.05, 4.69) is 5.32 Å². The average molecular weight is 366 g/mol. The van der Waals surface area contributed by atoms with Crippen LogP contribution in [0.4, 0.5) is 5.69 Å². The fraction of sp³-hybridized carbons (Fsp3) is 0.556. The van der Waals surface area contributed by atoms with Crippen molar-refractivity contribution in [2.45, 2.75) is 63.4 Å². The Balaban J connectivity index is 2.01. The van der Waals surface area contributed by atoms with Gasteiger partial charge in [0.25, 0.3) is 0 Å². The van der Waals surface area contributed by atoms with Crippen LogP contribution in [0.15, 0.2) is 29.2 Å². The van der Waals surface area contributed by atoms with E-state index in [0.29, 0.717) is 5.69 Å². The Bertz CT molecular complexity index is 718. The molecule has 0 aromatic heterocycles. The Morgan fingerprint density at radius 1 is 1.12 bits per heavy atom. The van der Waals surface area contributed by atoms with Crippen LogP contribution in [0.3, 0.4) is 0 Å². The molecule has 1 aliphatic rings. The maximum absolute atomic E-state index is 12.5. The zero-order chi connectivity index (χ0) is 18.6. The summed E-state index contributed by atoms with van der Waals surface area (Å²) in [6.45, 7) is 5.42. The zero-order valence-corrected chi connectivity index (χ0v) is 15.8. The van der Waals surface area contributed by atoms with E-state index in [9.17, 15) is 18.0 Å². The van der Waals surface area contributed by atoms with E-state index in [1.165, 1.54) is 19.1 Å². The second kappa shape index (κ2) is 7.99. The van der Waals surface area contributed by atoms with Crippen molar-refractivity contribution in [3.63, 3.8) is 0 Å². The van der Waals surface area contributed by atoms with Crippen LogP contribution in [0, 0.1) is 0 Å². The highest BCUT2D eigenvalue weighted by Crippen LogP contribution is 2.24. The van der Waals surface area contributed by atoms with Crippen molar-refractivity contribution < 1.29 is 18.0 Å². The van der Waals surface area contributed by atoms with Gasteiger partial charge in [-0.25, -0.2) is 8.42 Å². The third-order valence-electron chi connectivity index (χ3n) is 4.60. The van der Waals surface area contributed by atoms with Gasteiger partial charge in [-0.15, -0.1) is 0 Å². The van der Waals surface area contributed by atoms with Gasteiger partial charge in [0, 0.05) is 31.1 Å². The third kappa shape index (κ3) is 5.04. The fourth-order valence-electron chi connectivity index (χ4n) is 3.33.